The zero-order valence-corrected chi connectivity index (χ0v) is 25.8. The first-order valence-corrected chi connectivity index (χ1v) is 15.5. The molecule has 0 bridgehead atoms. The molecule has 1 aliphatic rings. The molecule has 13 nitrogen and oxygen atoms in total. The lowest BCUT2D eigenvalue weighted by Crippen LogP contribution is -2.43. The number of aliphatic hydroxyl groups is 1. The number of likely N-dealkylation sites (tertiary alicyclic amines) is 1. The van der Waals surface area contributed by atoms with E-state index in [1.807, 2.05) is 29.2 Å². The monoisotopic (exact) mass is 611 g/mol. The lowest BCUT2D eigenvalue weighted by Gasteiger charge is -2.33. The molecule has 2 aromatic heterocycles. The normalized spacial score (nSPS) is 14.2. The summed E-state index contributed by atoms with van der Waals surface area (Å²) in [5.74, 6) is 0.341. The number of esters is 1. The van der Waals surface area contributed by atoms with Crippen molar-refractivity contribution < 1.29 is 24.2 Å². The number of nitrogens with two attached hydrogens (primary N) is 1. The molecule has 0 atom stereocenters. The van der Waals surface area contributed by atoms with Gasteiger partial charge in [-0.05, 0) is 62.2 Å². The molecule has 1 aliphatic heterocycles. The Morgan fingerprint density at radius 1 is 1.14 bits per heavy atom. The van der Waals surface area contributed by atoms with Gasteiger partial charge in [0, 0.05) is 26.2 Å². The Labute approximate surface area is 257 Å². The molecule has 1 saturated heterocycles. The molecule has 240 valence electrons. The number of benzene rings is 1. The molecule has 13 heteroatoms. The number of fused-ring (bicyclic) bond motifs is 1. The van der Waals surface area contributed by atoms with E-state index in [1.165, 1.54) is 11.7 Å². The molecule has 4 rings (SSSR count). The Morgan fingerprint density at radius 2 is 1.86 bits per heavy atom. The van der Waals surface area contributed by atoms with Gasteiger partial charge in [-0.1, -0.05) is 37.6 Å². The summed E-state index contributed by atoms with van der Waals surface area (Å²) in [6, 6.07) is 7.71. The second-order valence-corrected chi connectivity index (χ2v) is 11.3. The molecule has 0 radical (unpaired) electrons. The third-order valence-corrected chi connectivity index (χ3v) is 8.10. The van der Waals surface area contributed by atoms with Crippen LogP contribution in [0.4, 0.5) is 5.82 Å². The van der Waals surface area contributed by atoms with Gasteiger partial charge in [-0.2, -0.15) is 9.97 Å². The van der Waals surface area contributed by atoms with E-state index in [0.29, 0.717) is 56.3 Å². The molecule has 1 aromatic carbocycles. The van der Waals surface area contributed by atoms with Gasteiger partial charge >= 0.3 is 17.7 Å². The highest BCUT2D eigenvalue weighted by atomic mass is 16.5. The van der Waals surface area contributed by atoms with Crippen molar-refractivity contribution in [1.82, 2.24) is 29.3 Å². The Morgan fingerprint density at radius 3 is 2.55 bits per heavy atom. The summed E-state index contributed by atoms with van der Waals surface area (Å²) in [6.07, 6.45) is 5.23. The molecule has 0 aliphatic carbocycles. The van der Waals surface area contributed by atoms with Gasteiger partial charge in [0.2, 0.25) is 5.91 Å². The summed E-state index contributed by atoms with van der Waals surface area (Å²) < 4.78 is 11.9. The van der Waals surface area contributed by atoms with Crippen LogP contribution in [-0.2, 0) is 33.8 Å². The number of H-pyrrole nitrogens is 1. The van der Waals surface area contributed by atoms with Gasteiger partial charge in [-0.3, -0.25) is 19.1 Å². The van der Waals surface area contributed by atoms with Gasteiger partial charge in [-0.15, -0.1) is 0 Å². The van der Waals surface area contributed by atoms with Crippen molar-refractivity contribution in [3.8, 4) is 6.01 Å². The molecular weight excluding hydrogens is 566 g/mol. The molecule has 0 saturated carbocycles. The summed E-state index contributed by atoms with van der Waals surface area (Å²) in [6.45, 7) is 5.79. The number of aromatic nitrogens is 4. The molecule has 0 unspecified atom stereocenters. The molecule has 3 heterocycles. The number of nitrogens with zero attached hydrogens (tertiary/aromatic N) is 5. The van der Waals surface area contributed by atoms with Crippen molar-refractivity contribution >= 4 is 28.9 Å². The minimum Gasteiger partial charge on any atom is -0.469 e. The zero-order valence-electron chi connectivity index (χ0n) is 25.8. The highest BCUT2D eigenvalue weighted by molar-refractivity contribution is 5.82. The number of nitrogen functional groups attached to an aromatic ring is 1. The Hall–Kier alpha value is -3.97. The number of carbonyl (C=O) groups excluding carboxylic acids is 2. The number of imidazole rings is 1. The Bertz CT molecular complexity index is 1430. The third-order valence-electron chi connectivity index (χ3n) is 8.10. The fourth-order valence-corrected chi connectivity index (χ4v) is 5.45. The molecule has 0 spiro atoms. The number of amides is 1. The lowest BCUT2D eigenvalue weighted by molar-refractivity contribution is -0.139. The summed E-state index contributed by atoms with van der Waals surface area (Å²) >= 11 is 0. The number of hydrogen-bond donors (Lipinski definition) is 3. The smallest absolute Gasteiger partial charge is 0.327 e. The number of unbranched alkanes of at least 4 members (excludes halogenated alkanes) is 1. The van der Waals surface area contributed by atoms with E-state index >= 15 is 0 Å². The van der Waals surface area contributed by atoms with Crippen LogP contribution in [0.1, 0.15) is 56.6 Å². The summed E-state index contributed by atoms with van der Waals surface area (Å²) in [4.78, 5) is 53.5. The number of rotatable bonds is 16. The SMILES string of the molecule is CCCCOc1nc(N)c2[nH]c(=O)n(CCCN(Cc3ccc(CC(=O)OC)cc3)C(=O)CN3CCC(CCO)CC3)c2n1. The molecule has 44 heavy (non-hydrogen) atoms. The van der Waals surface area contributed by atoms with Crippen LogP contribution >= 0.6 is 0 Å². The number of piperidine rings is 1. The standard InChI is InChI=1S/C31H45N7O6/c1-3-4-18-44-30-34-28(32)27-29(35-30)38(31(42)33-27)14-5-13-37(20-24-8-6-23(7-9-24)19-26(41)43-2)25(40)21-36-15-10-22(11-16-36)12-17-39/h6-9,22,39H,3-5,10-21H2,1-2H3,(H,33,42)(H2,32,34,35). The number of aliphatic hydroxyl groups excluding tert-OH is 1. The second-order valence-electron chi connectivity index (χ2n) is 11.3. The number of carbonyl (C=O) groups is 2. The highest BCUT2D eigenvalue weighted by Gasteiger charge is 2.23. The van der Waals surface area contributed by atoms with Crippen LogP contribution in [0.2, 0.25) is 0 Å². The minimum absolute atomic E-state index is 0.00805. The molecule has 1 amide bonds. The predicted molar refractivity (Wildman–Crippen MR) is 166 cm³/mol. The van der Waals surface area contributed by atoms with Crippen molar-refractivity contribution in [2.75, 3.05) is 52.2 Å². The maximum atomic E-state index is 13.6. The van der Waals surface area contributed by atoms with Crippen LogP contribution in [0.5, 0.6) is 6.01 Å². The number of anilines is 1. The van der Waals surface area contributed by atoms with Gasteiger partial charge in [0.25, 0.3) is 0 Å². The number of hydrogen-bond acceptors (Lipinski definition) is 10. The molecule has 1 fully saturated rings. The molecular formula is C31H45N7O6. The van der Waals surface area contributed by atoms with Gasteiger partial charge in [-0.25, -0.2) is 4.79 Å². The van der Waals surface area contributed by atoms with E-state index < -0.39 is 0 Å². The van der Waals surface area contributed by atoms with Crippen LogP contribution in [-0.4, -0.2) is 92.8 Å². The van der Waals surface area contributed by atoms with E-state index in [4.69, 9.17) is 15.2 Å². The minimum atomic E-state index is -0.350. The largest absolute Gasteiger partial charge is 0.469 e. The highest BCUT2D eigenvalue weighted by Crippen LogP contribution is 2.21. The fraction of sp³-hybridized carbons (Fsp3) is 0.581. The van der Waals surface area contributed by atoms with Crippen LogP contribution in [0.15, 0.2) is 29.1 Å². The van der Waals surface area contributed by atoms with Crippen LogP contribution < -0.4 is 16.2 Å². The number of aryl methyl sites for hydroxylation is 1. The first-order valence-electron chi connectivity index (χ1n) is 15.5. The number of methoxy groups -OCH3 is 1. The van der Waals surface area contributed by atoms with Crippen molar-refractivity contribution in [1.29, 1.82) is 0 Å². The first kappa shape index (κ1) is 32.9. The topological polar surface area (TPSA) is 169 Å². The van der Waals surface area contributed by atoms with Crippen LogP contribution in [0, 0.1) is 5.92 Å². The fourth-order valence-electron chi connectivity index (χ4n) is 5.45. The average molecular weight is 612 g/mol. The van der Waals surface area contributed by atoms with E-state index in [9.17, 15) is 19.5 Å². The van der Waals surface area contributed by atoms with Crippen molar-refractivity contribution in [2.45, 2.75) is 65.0 Å². The van der Waals surface area contributed by atoms with Gasteiger partial charge in [0.15, 0.2) is 11.5 Å². The maximum Gasteiger partial charge on any atom is 0.327 e. The van der Waals surface area contributed by atoms with Gasteiger partial charge in [0.05, 0.1) is 26.7 Å². The number of ether oxygens (including phenoxy) is 2. The van der Waals surface area contributed by atoms with E-state index in [1.54, 1.807) is 0 Å². The summed E-state index contributed by atoms with van der Waals surface area (Å²) in [7, 11) is 1.36. The van der Waals surface area contributed by atoms with Crippen LogP contribution in [0.25, 0.3) is 11.2 Å². The van der Waals surface area contributed by atoms with E-state index in [-0.39, 0.29) is 42.4 Å². The second kappa shape index (κ2) is 16.2. The number of aromatic amines is 1. The van der Waals surface area contributed by atoms with Gasteiger partial charge < -0.3 is 30.2 Å². The van der Waals surface area contributed by atoms with E-state index in [0.717, 1.165) is 56.3 Å². The average Bonchev–Trinajstić information content (AvgIpc) is 3.34. The van der Waals surface area contributed by atoms with Crippen molar-refractivity contribution in [3.63, 3.8) is 0 Å². The van der Waals surface area contributed by atoms with Crippen molar-refractivity contribution in [2.24, 2.45) is 5.92 Å². The van der Waals surface area contributed by atoms with Crippen LogP contribution in [0.3, 0.4) is 0 Å². The Kier molecular flexibility index (Phi) is 12.1. The molecule has 3 aromatic rings. The predicted octanol–water partition coefficient (Wildman–Crippen LogP) is 2.11. The van der Waals surface area contributed by atoms with E-state index in [2.05, 4.69) is 26.8 Å². The number of nitrogens with one attached hydrogen (secondary N) is 1. The first-order chi connectivity index (χ1) is 21.3. The molecule has 4 N–H and O–H groups in total. The maximum absolute atomic E-state index is 13.6. The summed E-state index contributed by atoms with van der Waals surface area (Å²) in [5, 5.41) is 9.27. The third kappa shape index (κ3) is 9.02. The zero-order chi connectivity index (χ0) is 31.5. The quantitative estimate of drug-likeness (QED) is 0.161. The van der Waals surface area contributed by atoms with Crippen molar-refractivity contribution in [3.05, 3.63) is 45.9 Å². The Balaban J connectivity index is 1.45. The van der Waals surface area contributed by atoms with Gasteiger partial charge in [0.1, 0.15) is 5.52 Å². The summed E-state index contributed by atoms with van der Waals surface area (Å²) in [5.41, 5.74) is 8.25. The lowest BCUT2D eigenvalue weighted by atomic mass is 9.94.